The summed E-state index contributed by atoms with van der Waals surface area (Å²) in [6.07, 6.45) is 2.13. The predicted octanol–water partition coefficient (Wildman–Crippen LogP) is 2.74. The molecule has 1 aromatic heterocycles. The zero-order valence-electron chi connectivity index (χ0n) is 17.2. The fourth-order valence-electron chi connectivity index (χ4n) is 2.52. The fourth-order valence-corrected chi connectivity index (χ4v) is 2.52. The van der Waals surface area contributed by atoms with E-state index >= 15 is 0 Å². The van der Waals surface area contributed by atoms with Gasteiger partial charge in [-0.05, 0) is 24.1 Å². The summed E-state index contributed by atoms with van der Waals surface area (Å²) < 4.78 is 18.8. The lowest BCUT2D eigenvalue weighted by molar-refractivity contribution is -0.121. The van der Waals surface area contributed by atoms with Crippen LogP contribution in [0.1, 0.15) is 38.0 Å². The number of carbonyl (C=O) groups excluding carboxylic acids is 1. The molecule has 0 fully saturated rings. The van der Waals surface area contributed by atoms with Crippen LogP contribution < -0.4 is 16.4 Å². The second kappa shape index (κ2) is 11.1. The molecule has 0 saturated carbocycles. The normalized spacial score (nSPS) is 12.8. The minimum atomic E-state index is -0.460. The van der Waals surface area contributed by atoms with E-state index in [9.17, 15) is 9.18 Å². The van der Waals surface area contributed by atoms with Crippen molar-refractivity contribution >= 4 is 35.8 Å². The summed E-state index contributed by atoms with van der Waals surface area (Å²) in [4.78, 5) is 20.2. The Balaban J connectivity index is 0.00000420. The maximum Gasteiger partial charge on any atom is 0.222 e. The number of nitrogens with two attached hydrogens (primary N) is 1. The van der Waals surface area contributed by atoms with E-state index in [1.54, 1.807) is 25.4 Å². The van der Waals surface area contributed by atoms with Gasteiger partial charge in [0.15, 0.2) is 5.96 Å². The van der Waals surface area contributed by atoms with E-state index < -0.39 is 11.8 Å². The summed E-state index contributed by atoms with van der Waals surface area (Å²) in [6.45, 7) is 6.81. The summed E-state index contributed by atoms with van der Waals surface area (Å²) in [6, 6.07) is 6.02. The molecule has 1 unspecified atom stereocenters. The van der Waals surface area contributed by atoms with Crippen molar-refractivity contribution in [1.29, 1.82) is 0 Å². The van der Waals surface area contributed by atoms with E-state index in [0.717, 1.165) is 11.3 Å². The van der Waals surface area contributed by atoms with Gasteiger partial charge in [-0.25, -0.2) is 9.37 Å². The van der Waals surface area contributed by atoms with Crippen LogP contribution in [0.3, 0.4) is 0 Å². The first-order valence-corrected chi connectivity index (χ1v) is 9.12. The molecule has 0 aliphatic heterocycles. The number of carbonyl (C=O) groups is 1. The third-order valence-electron chi connectivity index (χ3n) is 4.24. The Labute approximate surface area is 187 Å². The number of aromatic nitrogens is 1. The Kier molecular flexibility index (Phi) is 9.54. The number of guanidine groups is 1. The van der Waals surface area contributed by atoms with Gasteiger partial charge in [-0.3, -0.25) is 9.79 Å². The number of rotatable bonds is 7. The number of aliphatic imine (C=N–C) groups is 1. The first-order chi connectivity index (χ1) is 13.2. The van der Waals surface area contributed by atoms with Crippen LogP contribution in [0.15, 0.2) is 39.9 Å². The third kappa shape index (κ3) is 8.00. The molecule has 0 radical (unpaired) electrons. The average Bonchev–Trinajstić information content (AvgIpc) is 3.11. The highest BCUT2D eigenvalue weighted by atomic mass is 127. The number of hydrogen-bond donors (Lipinski definition) is 3. The number of hydrogen-bond acceptors (Lipinski definition) is 4. The molecule has 1 amide bonds. The Morgan fingerprint density at radius 1 is 1.28 bits per heavy atom. The summed E-state index contributed by atoms with van der Waals surface area (Å²) >= 11 is 0. The summed E-state index contributed by atoms with van der Waals surface area (Å²) in [5, 5.41) is 6.18. The van der Waals surface area contributed by atoms with Crippen molar-refractivity contribution < 1.29 is 13.6 Å². The molecule has 0 aliphatic rings. The van der Waals surface area contributed by atoms with Gasteiger partial charge in [-0.2, -0.15) is 0 Å². The van der Waals surface area contributed by atoms with Crippen LogP contribution in [0.4, 0.5) is 4.39 Å². The van der Waals surface area contributed by atoms with Crippen LogP contribution in [0, 0.1) is 11.7 Å². The van der Waals surface area contributed by atoms with Crippen molar-refractivity contribution in [3.8, 4) is 0 Å². The van der Waals surface area contributed by atoms with Gasteiger partial charge in [-0.15, -0.1) is 24.0 Å². The van der Waals surface area contributed by atoms with Gasteiger partial charge in [0, 0.05) is 19.0 Å². The molecule has 29 heavy (non-hydrogen) atoms. The van der Waals surface area contributed by atoms with Crippen LogP contribution in [-0.2, 0) is 23.2 Å². The topological polar surface area (TPSA) is 106 Å². The first kappa shape index (κ1) is 24.9. The van der Waals surface area contributed by atoms with Gasteiger partial charge >= 0.3 is 0 Å². The highest BCUT2D eigenvalue weighted by Gasteiger charge is 2.20. The SMILES string of the molecule is CN=C(NCc1ncc(C(C)(C)C)o1)NCC(Cc1ccc(F)cc1)C(N)=O.I. The molecular weight excluding hydrogens is 488 g/mol. The number of oxazole rings is 1. The monoisotopic (exact) mass is 517 g/mol. The van der Waals surface area contributed by atoms with Crippen molar-refractivity contribution in [2.45, 2.75) is 39.2 Å². The number of halogens is 2. The van der Waals surface area contributed by atoms with Gasteiger partial charge < -0.3 is 20.8 Å². The van der Waals surface area contributed by atoms with E-state index in [1.165, 1.54) is 12.1 Å². The molecule has 2 aromatic rings. The lowest BCUT2D eigenvalue weighted by atomic mass is 9.94. The molecule has 0 bridgehead atoms. The average molecular weight is 517 g/mol. The molecule has 160 valence electrons. The maximum absolute atomic E-state index is 13.0. The van der Waals surface area contributed by atoms with Crippen LogP contribution in [0.5, 0.6) is 0 Å². The highest BCUT2D eigenvalue weighted by Crippen LogP contribution is 2.22. The summed E-state index contributed by atoms with van der Waals surface area (Å²) in [7, 11) is 1.63. The fraction of sp³-hybridized carbons (Fsp3) is 0.450. The van der Waals surface area contributed by atoms with Crippen molar-refractivity contribution in [3.05, 3.63) is 53.5 Å². The Bertz CT molecular complexity index is 815. The van der Waals surface area contributed by atoms with Crippen LogP contribution in [-0.4, -0.2) is 30.4 Å². The first-order valence-electron chi connectivity index (χ1n) is 9.12. The van der Waals surface area contributed by atoms with Gasteiger partial charge in [0.05, 0.1) is 18.7 Å². The molecule has 4 N–H and O–H groups in total. The third-order valence-corrected chi connectivity index (χ3v) is 4.24. The van der Waals surface area contributed by atoms with Gasteiger partial charge in [0.1, 0.15) is 11.6 Å². The van der Waals surface area contributed by atoms with E-state index in [0.29, 0.717) is 31.4 Å². The minimum Gasteiger partial charge on any atom is -0.443 e. The number of benzene rings is 1. The molecule has 2 rings (SSSR count). The largest absolute Gasteiger partial charge is 0.443 e. The number of nitrogens with one attached hydrogen (secondary N) is 2. The van der Waals surface area contributed by atoms with E-state index in [-0.39, 0.29) is 35.2 Å². The van der Waals surface area contributed by atoms with E-state index in [1.807, 2.05) is 0 Å². The molecule has 7 nitrogen and oxygen atoms in total. The number of primary amides is 1. The van der Waals surface area contributed by atoms with Crippen molar-refractivity contribution in [2.24, 2.45) is 16.6 Å². The Morgan fingerprint density at radius 3 is 2.45 bits per heavy atom. The summed E-state index contributed by atoms with van der Waals surface area (Å²) in [5.41, 5.74) is 6.24. The second-order valence-electron chi connectivity index (χ2n) is 7.60. The lowest BCUT2D eigenvalue weighted by Gasteiger charge is -2.17. The lowest BCUT2D eigenvalue weighted by Crippen LogP contribution is -2.42. The smallest absolute Gasteiger partial charge is 0.222 e. The standard InChI is InChI=1S/C20H28FN5O2.HI/c1-20(2,3)16-11-24-17(28-16)12-26-19(23-4)25-10-14(18(22)27)9-13-5-7-15(21)8-6-13;/h5-8,11,14H,9-10,12H2,1-4H3,(H2,22,27)(H2,23,25,26);1H. The van der Waals surface area contributed by atoms with Crippen molar-refractivity contribution in [1.82, 2.24) is 15.6 Å². The summed E-state index contributed by atoms with van der Waals surface area (Å²) in [5.74, 6) is 0.642. The zero-order chi connectivity index (χ0) is 20.7. The van der Waals surface area contributed by atoms with Gasteiger partial charge in [0.2, 0.25) is 11.8 Å². The number of amides is 1. The maximum atomic E-state index is 13.0. The minimum absolute atomic E-state index is 0. The molecule has 0 spiro atoms. The van der Waals surface area contributed by atoms with Crippen LogP contribution in [0.2, 0.25) is 0 Å². The van der Waals surface area contributed by atoms with Crippen LogP contribution in [0.25, 0.3) is 0 Å². The van der Waals surface area contributed by atoms with Gasteiger partial charge in [0.25, 0.3) is 0 Å². The molecule has 1 heterocycles. The van der Waals surface area contributed by atoms with Crippen molar-refractivity contribution in [2.75, 3.05) is 13.6 Å². The van der Waals surface area contributed by atoms with Gasteiger partial charge in [-0.1, -0.05) is 32.9 Å². The number of nitrogens with zero attached hydrogens (tertiary/aromatic N) is 2. The second-order valence-corrected chi connectivity index (χ2v) is 7.60. The molecule has 0 saturated heterocycles. The highest BCUT2D eigenvalue weighted by molar-refractivity contribution is 14.0. The molecule has 0 aliphatic carbocycles. The Morgan fingerprint density at radius 2 is 1.93 bits per heavy atom. The van der Waals surface area contributed by atoms with E-state index in [4.69, 9.17) is 10.2 Å². The molecular formula is C20H29FIN5O2. The quantitative estimate of drug-likeness (QED) is 0.298. The molecule has 1 atom stereocenters. The Hall–Kier alpha value is -2.17. The van der Waals surface area contributed by atoms with Crippen molar-refractivity contribution in [3.63, 3.8) is 0 Å². The van der Waals surface area contributed by atoms with Crippen LogP contribution >= 0.6 is 24.0 Å². The molecule has 1 aromatic carbocycles. The molecule has 9 heteroatoms. The van der Waals surface area contributed by atoms with E-state index in [2.05, 4.69) is 41.4 Å². The zero-order valence-corrected chi connectivity index (χ0v) is 19.5. The predicted molar refractivity (Wildman–Crippen MR) is 122 cm³/mol.